The summed E-state index contributed by atoms with van der Waals surface area (Å²) in [5.41, 5.74) is 1.04. The molecule has 0 atom stereocenters. The van der Waals surface area contributed by atoms with Gasteiger partial charge in [-0.25, -0.2) is 13.1 Å². The Labute approximate surface area is 144 Å². The van der Waals surface area contributed by atoms with Crippen LogP contribution in [0.1, 0.15) is 0 Å². The van der Waals surface area contributed by atoms with E-state index in [-0.39, 0.29) is 4.21 Å². The predicted octanol–water partition coefficient (Wildman–Crippen LogP) is 4.15. The third-order valence-electron chi connectivity index (χ3n) is 2.75. The minimum absolute atomic E-state index is 0.227. The molecule has 114 valence electrons. The number of anilines is 1. The SMILES string of the molecule is O=S(=O)(Nc1cnn(-c2ccccc2Cl)c1)c1ccc(Br)s1. The summed E-state index contributed by atoms with van der Waals surface area (Å²) in [5.74, 6) is 0. The first-order valence-electron chi connectivity index (χ1n) is 6.03. The predicted molar refractivity (Wildman–Crippen MR) is 91.4 cm³/mol. The number of sulfonamides is 1. The molecule has 0 saturated heterocycles. The van der Waals surface area contributed by atoms with E-state index in [2.05, 4.69) is 25.8 Å². The van der Waals surface area contributed by atoms with Crippen molar-refractivity contribution in [3.05, 3.63) is 57.6 Å². The molecule has 1 aromatic carbocycles. The smallest absolute Gasteiger partial charge is 0.271 e. The first kappa shape index (κ1) is 15.5. The fourth-order valence-electron chi connectivity index (χ4n) is 1.79. The van der Waals surface area contributed by atoms with Gasteiger partial charge in [-0.05, 0) is 40.2 Å². The van der Waals surface area contributed by atoms with Crippen LogP contribution >= 0.6 is 38.9 Å². The van der Waals surface area contributed by atoms with Crippen LogP contribution in [0.3, 0.4) is 0 Å². The van der Waals surface area contributed by atoms with E-state index in [1.165, 1.54) is 16.9 Å². The number of hydrogen-bond donors (Lipinski definition) is 1. The minimum atomic E-state index is -3.62. The molecule has 3 rings (SSSR count). The van der Waals surface area contributed by atoms with Crippen LogP contribution < -0.4 is 4.72 Å². The number of benzene rings is 1. The van der Waals surface area contributed by atoms with Gasteiger partial charge in [-0.15, -0.1) is 11.3 Å². The van der Waals surface area contributed by atoms with E-state index in [0.29, 0.717) is 16.4 Å². The zero-order chi connectivity index (χ0) is 15.7. The molecule has 22 heavy (non-hydrogen) atoms. The fourth-order valence-corrected chi connectivity index (χ4v) is 5.05. The highest BCUT2D eigenvalue weighted by atomic mass is 79.9. The maximum Gasteiger partial charge on any atom is 0.271 e. The van der Waals surface area contributed by atoms with Crippen molar-refractivity contribution in [2.75, 3.05) is 4.72 Å². The van der Waals surface area contributed by atoms with E-state index in [0.717, 1.165) is 15.1 Å². The minimum Gasteiger partial charge on any atom is -0.276 e. The molecule has 1 N–H and O–H groups in total. The average molecular weight is 419 g/mol. The summed E-state index contributed by atoms with van der Waals surface area (Å²) < 4.78 is 29.5. The molecule has 2 aromatic heterocycles. The Morgan fingerprint density at radius 2 is 2.00 bits per heavy atom. The zero-order valence-corrected chi connectivity index (χ0v) is 14.9. The van der Waals surface area contributed by atoms with E-state index in [1.807, 2.05) is 12.1 Å². The maximum absolute atomic E-state index is 12.2. The number of rotatable bonds is 4. The van der Waals surface area contributed by atoms with E-state index >= 15 is 0 Å². The molecule has 5 nitrogen and oxygen atoms in total. The number of halogens is 2. The monoisotopic (exact) mass is 417 g/mol. The second-order valence-electron chi connectivity index (χ2n) is 4.29. The Balaban J connectivity index is 1.88. The van der Waals surface area contributed by atoms with Crippen LogP contribution in [-0.2, 0) is 10.0 Å². The van der Waals surface area contributed by atoms with Crippen LogP contribution in [-0.4, -0.2) is 18.2 Å². The van der Waals surface area contributed by atoms with Gasteiger partial charge in [0.25, 0.3) is 10.0 Å². The molecule has 0 spiro atoms. The Kier molecular flexibility index (Phi) is 4.26. The summed E-state index contributed by atoms with van der Waals surface area (Å²) in [4.78, 5) is 0. The first-order valence-corrected chi connectivity index (χ1v) is 9.50. The van der Waals surface area contributed by atoms with Gasteiger partial charge in [0.2, 0.25) is 0 Å². The van der Waals surface area contributed by atoms with Gasteiger partial charge in [-0.1, -0.05) is 23.7 Å². The Hall–Kier alpha value is -1.35. The number of aromatic nitrogens is 2. The molecule has 0 radical (unpaired) electrons. The Morgan fingerprint density at radius 1 is 1.23 bits per heavy atom. The first-order chi connectivity index (χ1) is 10.5. The van der Waals surface area contributed by atoms with E-state index in [4.69, 9.17) is 11.6 Å². The van der Waals surface area contributed by atoms with Crippen molar-refractivity contribution in [2.45, 2.75) is 4.21 Å². The van der Waals surface area contributed by atoms with Gasteiger partial charge >= 0.3 is 0 Å². The van der Waals surface area contributed by atoms with Crippen molar-refractivity contribution in [1.29, 1.82) is 0 Å². The number of nitrogens with one attached hydrogen (secondary N) is 1. The Morgan fingerprint density at radius 3 is 2.68 bits per heavy atom. The molecule has 0 aliphatic carbocycles. The van der Waals surface area contributed by atoms with Crippen LogP contribution in [0.15, 0.2) is 56.8 Å². The van der Waals surface area contributed by atoms with Gasteiger partial charge in [-0.2, -0.15) is 5.10 Å². The van der Waals surface area contributed by atoms with Gasteiger partial charge in [-0.3, -0.25) is 4.72 Å². The number of para-hydroxylation sites is 1. The van der Waals surface area contributed by atoms with E-state index < -0.39 is 10.0 Å². The summed E-state index contributed by atoms with van der Waals surface area (Å²) in [6.45, 7) is 0. The summed E-state index contributed by atoms with van der Waals surface area (Å²) in [6.07, 6.45) is 3.00. The molecule has 2 heterocycles. The summed E-state index contributed by atoms with van der Waals surface area (Å²) in [7, 11) is -3.62. The molecule has 0 aliphatic rings. The highest BCUT2D eigenvalue weighted by molar-refractivity contribution is 9.11. The average Bonchev–Trinajstić information content (AvgIpc) is 3.08. The maximum atomic E-state index is 12.2. The molecule has 0 fully saturated rings. The molecular formula is C13H9BrClN3O2S2. The topological polar surface area (TPSA) is 64.0 Å². The van der Waals surface area contributed by atoms with E-state index in [1.54, 1.807) is 24.4 Å². The van der Waals surface area contributed by atoms with Crippen molar-refractivity contribution < 1.29 is 8.42 Å². The third-order valence-corrected chi connectivity index (χ3v) is 6.56. The molecule has 9 heteroatoms. The van der Waals surface area contributed by atoms with E-state index in [9.17, 15) is 8.42 Å². The zero-order valence-electron chi connectivity index (χ0n) is 10.9. The largest absolute Gasteiger partial charge is 0.276 e. The number of nitrogens with zero attached hydrogens (tertiary/aromatic N) is 2. The molecule has 0 unspecified atom stereocenters. The van der Waals surface area contributed by atoms with Crippen LogP contribution in [0.4, 0.5) is 5.69 Å². The lowest BCUT2D eigenvalue weighted by Crippen LogP contribution is -2.10. The van der Waals surface area contributed by atoms with Crippen molar-refractivity contribution in [3.63, 3.8) is 0 Å². The summed E-state index contributed by atoms with van der Waals surface area (Å²) in [6, 6.07) is 10.4. The van der Waals surface area contributed by atoms with Gasteiger partial charge in [0, 0.05) is 0 Å². The molecule has 0 aliphatic heterocycles. The Bertz CT molecular complexity index is 921. The lowest BCUT2D eigenvalue weighted by molar-refractivity contribution is 0.603. The van der Waals surface area contributed by atoms with Gasteiger partial charge < -0.3 is 0 Å². The molecule has 0 saturated carbocycles. The third kappa shape index (κ3) is 3.19. The van der Waals surface area contributed by atoms with Crippen molar-refractivity contribution >= 4 is 54.6 Å². The molecule has 0 amide bonds. The van der Waals surface area contributed by atoms with Crippen molar-refractivity contribution in [1.82, 2.24) is 9.78 Å². The van der Waals surface area contributed by atoms with Gasteiger partial charge in [0.05, 0.1) is 32.6 Å². The van der Waals surface area contributed by atoms with Crippen LogP contribution in [0, 0.1) is 0 Å². The standard InChI is InChI=1S/C13H9BrClN3O2S2/c14-12-5-6-13(21-12)22(19,20)17-9-7-16-18(8-9)11-4-2-1-3-10(11)15/h1-8,17H. The normalized spacial score (nSPS) is 11.5. The summed E-state index contributed by atoms with van der Waals surface area (Å²) in [5, 5.41) is 4.66. The second-order valence-corrected chi connectivity index (χ2v) is 9.07. The van der Waals surface area contributed by atoms with Crippen LogP contribution in [0.5, 0.6) is 0 Å². The molecule has 0 bridgehead atoms. The highest BCUT2D eigenvalue weighted by Crippen LogP contribution is 2.28. The second kappa shape index (κ2) is 6.04. The van der Waals surface area contributed by atoms with Crippen LogP contribution in [0.2, 0.25) is 5.02 Å². The highest BCUT2D eigenvalue weighted by Gasteiger charge is 2.17. The lowest BCUT2D eigenvalue weighted by atomic mass is 10.3. The van der Waals surface area contributed by atoms with Gasteiger partial charge in [0.15, 0.2) is 0 Å². The van der Waals surface area contributed by atoms with Crippen molar-refractivity contribution in [2.24, 2.45) is 0 Å². The number of hydrogen-bond acceptors (Lipinski definition) is 4. The fraction of sp³-hybridized carbons (Fsp3) is 0. The molecule has 3 aromatic rings. The molecular weight excluding hydrogens is 410 g/mol. The van der Waals surface area contributed by atoms with Crippen molar-refractivity contribution in [3.8, 4) is 5.69 Å². The number of thiophene rings is 1. The van der Waals surface area contributed by atoms with Crippen LogP contribution in [0.25, 0.3) is 5.69 Å². The van der Waals surface area contributed by atoms with Gasteiger partial charge in [0.1, 0.15) is 4.21 Å². The summed E-state index contributed by atoms with van der Waals surface area (Å²) >= 11 is 10.5. The quantitative estimate of drug-likeness (QED) is 0.692. The lowest BCUT2D eigenvalue weighted by Gasteiger charge is -2.04.